The predicted molar refractivity (Wildman–Crippen MR) is 149 cm³/mol. The number of benzene rings is 3. The summed E-state index contributed by atoms with van der Waals surface area (Å²) in [5.74, 6) is 0.137. The molecule has 2 N–H and O–H groups in total. The van der Waals surface area contributed by atoms with Gasteiger partial charge in [-0.2, -0.15) is 0 Å². The molecule has 0 aliphatic carbocycles. The molecule has 0 bridgehead atoms. The van der Waals surface area contributed by atoms with Gasteiger partial charge in [0, 0.05) is 31.4 Å². The minimum atomic E-state index is -0.0690. The summed E-state index contributed by atoms with van der Waals surface area (Å²) in [6, 6.07) is 25.8. The summed E-state index contributed by atoms with van der Waals surface area (Å²) in [7, 11) is 0. The lowest BCUT2D eigenvalue weighted by molar-refractivity contribution is 0.0881. The van der Waals surface area contributed by atoms with E-state index in [1.165, 1.54) is 11.1 Å². The van der Waals surface area contributed by atoms with Crippen LogP contribution in [-0.2, 0) is 24.1 Å². The molecule has 0 amide bonds. The lowest BCUT2D eigenvalue weighted by Gasteiger charge is -2.29. The van der Waals surface area contributed by atoms with Crippen molar-refractivity contribution in [3.8, 4) is 5.75 Å². The molecule has 1 unspecified atom stereocenters. The van der Waals surface area contributed by atoms with E-state index in [1.54, 1.807) is 18.2 Å². The summed E-state index contributed by atoms with van der Waals surface area (Å²) in [5, 5.41) is 19.3. The second-order valence-electron chi connectivity index (χ2n) is 9.68. The van der Waals surface area contributed by atoms with Gasteiger partial charge in [0.2, 0.25) is 0 Å². The lowest BCUT2D eigenvalue weighted by atomic mass is 10.0. The van der Waals surface area contributed by atoms with Crippen LogP contribution >= 0.6 is 0 Å². The Morgan fingerprint density at radius 3 is 2.27 bits per heavy atom. The number of hydrogen-bond acceptors (Lipinski definition) is 5. The quantitative estimate of drug-likeness (QED) is 0.179. The zero-order valence-corrected chi connectivity index (χ0v) is 22.0. The zero-order chi connectivity index (χ0) is 26.3. The second kappa shape index (κ2) is 16.0. The number of ketones is 1. The number of unbranched alkanes of at least 4 members (excludes halogenated alkanes) is 2. The van der Waals surface area contributed by atoms with E-state index in [1.807, 2.05) is 24.3 Å². The number of aromatic hydroxyl groups is 1. The molecule has 0 spiro atoms. The molecule has 3 aromatic rings. The smallest absolute Gasteiger partial charge is 0.176 e. The molecule has 37 heavy (non-hydrogen) atoms. The van der Waals surface area contributed by atoms with Gasteiger partial charge in [0.1, 0.15) is 5.75 Å². The molecule has 0 aliphatic heterocycles. The number of phenols is 1. The lowest BCUT2D eigenvalue weighted by Crippen LogP contribution is -2.37. The highest BCUT2D eigenvalue weighted by atomic mass is 16.5. The molecule has 198 valence electrons. The van der Waals surface area contributed by atoms with E-state index in [0.717, 1.165) is 45.3 Å². The summed E-state index contributed by atoms with van der Waals surface area (Å²) in [4.78, 5) is 15.4. The Kier molecular flexibility index (Phi) is 12.3. The number of ether oxygens (including phenoxy) is 1. The van der Waals surface area contributed by atoms with Gasteiger partial charge in [-0.1, -0.05) is 73.5 Å². The molecular formula is C32H41NO4. The number of carbonyl (C=O) groups is 1. The molecule has 5 heteroatoms. The van der Waals surface area contributed by atoms with E-state index < -0.39 is 0 Å². The molecule has 3 aromatic carbocycles. The molecule has 3 rings (SSSR count). The third kappa shape index (κ3) is 10.1. The van der Waals surface area contributed by atoms with Crippen LogP contribution in [0.3, 0.4) is 0 Å². The molecule has 1 atom stereocenters. The largest absolute Gasteiger partial charge is 0.508 e. The van der Waals surface area contributed by atoms with Crippen LogP contribution in [0.1, 0.15) is 59.7 Å². The summed E-state index contributed by atoms with van der Waals surface area (Å²) >= 11 is 0. The third-order valence-electron chi connectivity index (χ3n) is 6.77. The fourth-order valence-corrected chi connectivity index (χ4v) is 4.48. The maximum absolute atomic E-state index is 13.2. The first-order valence-corrected chi connectivity index (χ1v) is 13.4. The average Bonchev–Trinajstić information content (AvgIpc) is 2.92. The number of aliphatic hydroxyl groups is 1. The molecule has 0 saturated heterocycles. The highest BCUT2D eigenvalue weighted by Gasteiger charge is 2.19. The maximum atomic E-state index is 13.2. The highest BCUT2D eigenvalue weighted by molar-refractivity contribution is 5.98. The Morgan fingerprint density at radius 1 is 0.865 bits per heavy atom. The first kappa shape index (κ1) is 28.6. The number of phenolic OH excluding ortho intramolecular Hbond substituents is 1. The van der Waals surface area contributed by atoms with Crippen LogP contribution in [0.15, 0.2) is 78.9 Å². The number of Topliss-reactive ketones (excluding diaryl/α,β-unsaturated/α-hetero) is 1. The number of rotatable bonds is 17. The third-order valence-corrected chi connectivity index (χ3v) is 6.77. The van der Waals surface area contributed by atoms with Gasteiger partial charge >= 0.3 is 0 Å². The summed E-state index contributed by atoms with van der Waals surface area (Å²) < 4.78 is 5.82. The number of carbonyl (C=O) groups excluding carboxylic acids is 1. The molecule has 0 radical (unpaired) electrons. The van der Waals surface area contributed by atoms with Gasteiger partial charge in [-0.05, 0) is 67.5 Å². The molecule has 0 heterocycles. The topological polar surface area (TPSA) is 70.0 Å². The van der Waals surface area contributed by atoms with Crippen LogP contribution in [-0.4, -0.2) is 53.3 Å². The first-order valence-electron chi connectivity index (χ1n) is 13.4. The first-order chi connectivity index (χ1) is 18.1. The maximum Gasteiger partial charge on any atom is 0.176 e. The van der Waals surface area contributed by atoms with Crippen molar-refractivity contribution in [2.75, 3.05) is 26.4 Å². The van der Waals surface area contributed by atoms with Crippen LogP contribution in [0.2, 0.25) is 0 Å². The summed E-state index contributed by atoms with van der Waals surface area (Å²) in [5.41, 5.74) is 3.66. The fourth-order valence-electron chi connectivity index (χ4n) is 4.48. The van der Waals surface area contributed by atoms with Crippen molar-refractivity contribution < 1.29 is 19.7 Å². The Balaban J connectivity index is 1.47. The van der Waals surface area contributed by atoms with Gasteiger partial charge in [0.05, 0.1) is 13.2 Å². The van der Waals surface area contributed by atoms with Crippen molar-refractivity contribution in [3.63, 3.8) is 0 Å². The zero-order valence-electron chi connectivity index (χ0n) is 22.0. The van der Waals surface area contributed by atoms with Gasteiger partial charge in [-0.3, -0.25) is 9.69 Å². The van der Waals surface area contributed by atoms with Gasteiger partial charge in [0.25, 0.3) is 0 Å². The van der Waals surface area contributed by atoms with Crippen molar-refractivity contribution >= 4 is 5.78 Å². The minimum absolute atomic E-state index is 0.0220. The van der Waals surface area contributed by atoms with Crippen LogP contribution < -0.4 is 0 Å². The van der Waals surface area contributed by atoms with Gasteiger partial charge in [0.15, 0.2) is 5.78 Å². The van der Waals surface area contributed by atoms with E-state index in [-0.39, 0.29) is 24.2 Å². The van der Waals surface area contributed by atoms with E-state index in [2.05, 4.69) is 48.2 Å². The normalized spacial score (nSPS) is 12.1. The molecule has 0 saturated carbocycles. The number of aliphatic hydroxyl groups excluding tert-OH is 1. The molecule has 0 aromatic heterocycles. The van der Waals surface area contributed by atoms with Crippen molar-refractivity contribution in [3.05, 3.63) is 101 Å². The predicted octanol–water partition coefficient (Wildman–Crippen LogP) is 5.82. The minimum Gasteiger partial charge on any atom is -0.508 e. The van der Waals surface area contributed by atoms with Gasteiger partial charge < -0.3 is 14.9 Å². The van der Waals surface area contributed by atoms with Crippen molar-refractivity contribution in [2.24, 2.45) is 0 Å². The molecule has 0 fully saturated rings. The van der Waals surface area contributed by atoms with E-state index in [4.69, 9.17) is 4.74 Å². The fraction of sp³-hybridized carbons (Fsp3) is 0.406. The number of hydrogen-bond donors (Lipinski definition) is 2. The number of nitrogens with zero attached hydrogens (tertiary/aromatic N) is 1. The van der Waals surface area contributed by atoms with E-state index in [9.17, 15) is 15.0 Å². The molecule has 0 aliphatic rings. The Hall–Kier alpha value is -2.99. The van der Waals surface area contributed by atoms with Crippen LogP contribution in [0.4, 0.5) is 0 Å². The average molecular weight is 504 g/mol. The Bertz CT molecular complexity index is 1050. The monoisotopic (exact) mass is 503 g/mol. The van der Waals surface area contributed by atoms with Crippen LogP contribution in [0.25, 0.3) is 0 Å². The van der Waals surface area contributed by atoms with Gasteiger partial charge in [-0.15, -0.1) is 0 Å². The SMILES string of the molecule is CC(CCCCCOCCc1ccccc1)N(CC(=O)c1ccc(O)c(CCO)c1)Cc1ccccc1. The second-order valence-corrected chi connectivity index (χ2v) is 9.68. The van der Waals surface area contributed by atoms with E-state index in [0.29, 0.717) is 30.6 Å². The highest BCUT2D eigenvalue weighted by Crippen LogP contribution is 2.21. The van der Waals surface area contributed by atoms with Crippen LogP contribution in [0.5, 0.6) is 5.75 Å². The Morgan fingerprint density at radius 2 is 1.57 bits per heavy atom. The van der Waals surface area contributed by atoms with Gasteiger partial charge in [-0.25, -0.2) is 0 Å². The van der Waals surface area contributed by atoms with Crippen molar-refractivity contribution in [1.29, 1.82) is 0 Å². The summed E-state index contributed by atoms with van der Waals surface area (Å²) in [6.45, 7) is 4.68. The Labute approximate surface area is 221 Å². The van der Waals surface area contributed by atoms with Crippen LogP contribution in [0, 0.1) is 0 Å². The molecule has 5 nitrogen and oxygen atoms in total. The van der Waals surface area contributed by atoms with Crippen molar-refractivity contribution in [2.45, 2.75) is 58.0 Å². The van der Waals surface area contributed by atoms with Crippen molar-refractivity contribution in [1.82, 2.24) is 4.90 Å². The van der Waals surface area contributed by atoms with E-state index >= 15 is 0 Å². The molecular weight excluding hydrogens is 462 g/mol. The summed E-state index contributed by atoms with van der Waals surface area (Å²) in [6.07, 6.45) is 5.51. The standard InChI is InChI=1S/C32H41NO4/c1-26(11-5-4-10-21-37-22-19-27-12-6-2-7-13-27)33(24-28-14-8-3-9-15-28)25-32(36)29-16-17-31(35)30(23-29)18-20-34/h2-3,6-9,12-17,23,26,34-35H,4-5,10-11,18-22,24-25H2,1H3.